The van der Waals surface area contributed by atoms with Crippen LogP contribution < -0.4 is 5.43 Å². The summed E-state index contributed by atoms with van der Waals surface area (Å²) in [5, 5.41) is 11.9. The van der Waals surface area contributed by atoms with Crippen LogP contribution in [0.2, 0.25) is 0 Å². The standard InChI is InChI=1S/C14H10N8S/c1-2-10(6-15-3-1)7-19-21-12-11-8-20-22(13(11)18-9-17-12)14-16-4-5-23-14/h1-9H,(H,17,18,21). The van der Waals surface area contributed by atoms with Crippen molar-refractivity contribution in [2.24, 2.45) is 5.10 Å². The van der Waals surface area contributed by atoms with Crippen LogP contribution >= 0.6 is 11.3 Å². The van der Waals surface area contributed by atoms with E-state index in [0.29, 0.717) is 11.5 Å². The van der Waals surface area contributed by atoms with Crippen LogP contribution in [0.5, 0.6) is 0 Å². The Morgan fingerprint density at radius 1 is 1.17 bits per heavy atom. The Labute approximate surface area is 134 Å². The molecule has 0 unspecified atom stereocenters. The Hall–Kier alpha value is -3.20. The molecule has 0 aliphatic heterocycles. The maximum absolute atomic E-state index is 4.32. The Morgan fingerprint density at radius 3 is 3.00 bits per heavy atom. The second-order valence-corrected chi connectivity index (χ2v) is 5.36. The molecule has 1 N–H and O–H groups in total. The molecule has 0 aliphatic carbocycles. The van der Waals surface area contributed by atoms with Gasteiger partial charge >= 0.3 is 0 Å². The van der Waals surface area contributed by atoms with Gasteiger partial charge in [0.2, 0.25) is 5.13 Å². The molecule has 0 saturated heterocycles. The lowest BCUT2D eigenvalue weighted by molar-refractivity contribution is 0.884. The molecule has 0 amide bonds. The third-order valence-corrected chi connectivity index (χ3v) is 3.78. The van der Waals surface area contributed by atoms with Crippen LogP contribution in [0, 0.1) is 0 Å². The molecule has 4 heterocycles. The van der Waals surface area contributed by atoms with Crippen molar-refractivity contribution < 1.29 is 0 Å². The van der Waals surface area contributed by atoms with Crippen LogP contribution in [0.4, 0.5) is 5.82 Å². The Kier molecular flexibility index (Phi) is 3.45. The molecular formula is C14H10N8S. The monoisotopic (exact) mass is 322 g/mol. The summed E-state index contributed by atoms with van der Waals surface area (Å²) >= 11 is 1.49. The highest BCUT2D eigenvalue weighted by molar-refractivity contribution is 7.12. The van der Waals surface area contributed by atoms with Crippen molar-refractivity contribution in [3.8, 4) is 5.13 Å². The first kappa shape index (κ1) is 13.5. The number of nitrogens with zero attached hydrogens (tertiary/aromatic N) is 7. The van der Waals surface area contributed by atoms with Gasteiger partial charge in [0.1, 0.15) is 6.33 Å². The van der Waals surface area contributed by atoms with Crippen LogP contribution in [0.15, 0.2) is 53.7 Å². The van der Waals surface area contributed by atoms with Crippen molar-refractivity contribution in [3.63, 3.8) is 0 Å². The number of aromatic nitrogens is 6. The van der Waals surface area contributed by atoms with Gasteiger partial charge in [-0.3, -0.25) is 10.4 Å². The fourth-order valence-electron chi connectivity index (χ4n) is 2.01. The highest BCUT2D eigenvalue weighted by atomic mass is 32.1. The number of pyridine rings is 1. The zero-order valence-corrected chi connectivity index (χ0v) is 12.6. The normalized spacial score (nSPS) is 11.3. The Morgan fingerprint density at radius 2 is 2.17 bits per heavy atom. The highest BCUT2D eigenvalue weighted by Crippen LogP contribution is 2.22. The van der Waals surface area contributed by atoms with Crippen molar-refractivity contribution in [2.75, 3.05) is 5.43 Å². The number of thiazole rings is 1. The molecule has 8 nitrogen and oxygen atoms in total. The Bertz CT molecular complexity index is 946. The minimum absolute atomic E-state index is 0.581. The SMILES string of the molecule is C(=NNc1ncnc2c1cnn2-c1nccs1)c1cccnc1. The summed E-state index contributed by atoms with van der Waals surface area (Å²) in [6.45, 7) is 0. The van der Waals surface area contributed by atoms with Crippen molar-refractivity contribution in [3.05, 3.63) is 54.2 Å². The summed E-state index contributed by atoms with van der Waals surface area (Å²) in [5.41, 5.74) is 4.48. The van der Waals surface area contributed by atoms with E-state index in [4.69, 9.17) is 0 Å². The second-order valence-electron chi connectivity index (χ2n) is 4.49. The van der Waals surface area contributed by atoms with Crippen LogP contribution in [-0.4, -0.2) is 35.9 Å². The van der Waals surface area contributed by atoms with Gasteiger partial charge in [0.05, 0.1) is 17.8 Å². The van der Waals surface area contributed by atoms with E-state index in [0.717, 1.165) is 16.1 Å². The van der Waals surface area contributed by atoms with Crippen LogP contribution in [-0.2, 0) is 0 Å². The fourth-order valence-corrected chi connectivity index (χ4v) is 2.61. The van der Waals surface area contributed by atoms with Gasteiger partial charge in [-0.05, 0) is 6.07 Å². The van der Waals surface area contributed by atoms with Crippen LogP contribution in [0.25, 0.3) is 16.2 Å². The molecule has 0 bridgehead atoms. The maximum atomic E-state index is 4.32. The Balaban J connectivity index is 1.65. The average molecular weight is 322 g/mol. The zero-order chi connectivity index (χ0) is 15.5. The quantitative estimate of drug-likeness (QED) is 0.457. The van der Waals surface area contributed by atoms with E-state index >= 15 is 0 Å². The number of hydrazone groups is 1. The second kappa shape index (κ2) is 5.89. The molecule has 112 valence electrons. The van der Waals surface area contributed by atoms with Gasteiger partial charge in [0, 0.05) is 29.5 Å². The van der Waals surface area contributed by atoms with E-state index in [1.807, 2.05) is 17.5 Å². The zero-order valence-electron chi connectivity index (χ0n) is 11.7. The summed E-state index contributed by atoms with van der Waals surface area (Å²) in [5.74, 6) is 0.581. The lowest BCUT2D eigenvalue weighted by Gasteiger charge is -2.01. The fraction of sp³-hybridized carbons (Fsp3) is 0. The van der Waals surface area contributed by atoms with E-state index in [1.54, 1.807) is 35.7 Å². The first-order valence-electron chi connectivity index (χ1n) is 6.69. The van der Waals surface area contributed by atoms with Gasteiger partial charge in [0.25, 0.3) is 0 Å². The molecule has 0 aliphatic rings. The molecule has 0 radical (unpaired) electrons. The predicted octanol–water partition coefficient (Wildman–Crippen LogP) is 2.11. The van der Waals surface area contributed by atoms with Gasteiger partial charge in [-0.25, -0.2) is 15.0 Å². The molecular weight excluding hydrogens is 312 g/mol. The largest absolute Gasteiger partial charge is 0.264 e. The summed E-state index contributed by atoms with van der Waals surface area (Å²) in [6.07, 6.45) is 10.00. The molecule has 0 atom stereocenters. The molecule has 0 fully saturated rings. The lowest BCUT2D eigenvalue weighted by Crippen LogP contribution is -1.99. The molecule has 4 rings (SSSR count). The first-order valence-corrected chi connectivity index (χ1v) is 7.57. The molecule has 4 aromatic rings. The molecule has 0 saturated carbocycles. The smallest absolute Gasteiger partial charge is 0.212 e. The van der Waals surface area contributed by atoms with Crippen LogP contribution in [0.1, 0.15) is 5.56 Å². The molecule has 0 aromatic carbocycles. The number of hydrogen-bond donors (Lipinski definition) is 1. The molecule has 9 heteroatoms. The van der Waals surface area contributed by atoms with E-state index < -0.39 is 0 Å². The van der Waals surface area contributed by atoms with Crippen molar-refractivity contribution in [1.82, 2.24) is 29.7 Å². The first-order chi connectivity index (χ1) is 11.4. The van der Waals surface area contributed by atoms with Crippen molar-refractivity contribution >= 4 is 34.4 Å². The predicted molar refractivity (Wildman–Crippen MR) is 87.8 cm³/mol. The average Bonchev–Trinajstić information content (AvgIpc) is 3.25. The summed E-state index contributed by atoms with van der Waals surface area (Å²) in [7, 11) is 0. The molecule has 4 aromatic heterocycles. The maximum Gasteiger partial charge on any atom is 0.212 e. The number of fused-ring (bicyclic) bond motifs is 1. The summed E-state index contributed by atoms with van der Waals surface area (Å²) < 4.78 is 1.68. The number of hydrogen-bond acceptors (Lipinski definition) is 8. The van der Waals surface area contributed by atoms with Gasteiger partial charge in [-0.1, -0.05) is 6.07 Å². The van der Waals surface area contributed by atoms with Gasteiger partial charge < -0.3 is 0 Å². The van der Waals surface area contributed by atoms with Crippen molar-refractivity contribution in [2.45, 2.75) is 0 Å². The van der Waals surface area contributed by atoms with E-state index in [9.17, 15) is 0 Å². The highest BCUT2D eigenvalue weighted by Gasteiger charge is 2.11. The molecule has 23 heavy (non-hydrogen) atoms. The van der Waals surface area contributed by atoms with Crippen molar-refractivity contribution in [1.29, 1.82) is 0 Å². The topological polar surface area (TPSA) is 93.8 Å². The third-order valence-electron chi connectivity index (χ3n) is 3.03. The number of anilines is 1. The van der Waals surface area contributed by atoms with Gasteiger partial charge in [-0.2, -0.15) is 14.9 Å². The van der Waals surface area contributed by atoms with E-state index in [1.165, 1.54) is 17.7 Å². The minimum Gasteiger partial charge on any atom is -0.264 e. The van der Waals surface area contributed by atoms with Crippen LogP contribution in [0.3, 0.4) is 0 Å². The number of rotatable bonds is 4. The third kappa shape index (κ3) is 2.64. The summed E-state index contributed by atoms with van der Waals surface area (Å²) in [6, 6.07) is 3.76. The summed E-state index contributed by atoms with van der Waals surface area (Å²) in [4.78, 5) is 16.8. The molecule has 0 spiro atoms. The minimum atomic E-state index is 0.581. The number of nitrogens with one attached hydrogen (secondary N) is 1. The van der Waals surface area contributed by atoms with E-state index in [-0.39, 0.29) is 0 Å². The lowest BCUT2D eigenvalue weighted by atomic mass is 10.3. The van der Waals surface area contributed by atoms with Gasteiger partial charge in [0.15, 0.2) is 11.5 Å². The van der Waals surface area contributed by atoms with E-state index in [2.05, 4.69) is 35.6 Å². The van der Waals surface area contributed by atoms with Gasteiger partial charge in [-0.15, -0.1) is 11.3 Å².